The molecule has 4 aromatic rings. The predicted molar refractivity (Wildman–Crippen MR) is 133 cm³/mol. The lowest BCUT2D eigenvalue weighted by molar-refractivity contribution is -0.132. The molecule has 2 aromatic carbocycles. The molecule has 1 saturated heterocycles. The third-order valence-electron chi connectivity index (χ3n) is 6.39. The van der Waals surface area contributed by atoms with E-state index in [0.717, 1.165) is 24.0 Å². The van der Waals surface area contributed by atoms with Crippen LogP contribution in [0.2, 0.25) is 0 Å². The number of rotatable bonds is 6. The smallest absolute Gasteiger partial charge is 0.263 e. The number of halogens is 1. The lowest BCUT2D eigenvalue weighted by Gasteiger charge is -2.27. The van der Waals surface area contributed by atoms with Crippen molar-refractivity contribution in [1.29, 1.82) is 0 Å². The van der Waals surface area contributed by atoms with Gasteiger partial charge in [-0.15, -0.1) is 11.3 Å². The van der Waals surface area contributed by atoms with Crippen molar-refractivity contribution in [3.63, 3.8) is 0 Å². The summed E-state index contributed by atoms with van der Waals surface area (Å²) < 4.78 is 25.7. The number of methoxy groups -OCH3 is 2. The fourth-order valence-electron chi connectivity index (χ4n) is 4.65. The van der Waals surface area contributed by atoms with Crippen molar-refractivity contribution in [2.75, 3.05) is 20.8 Å². The minimum absolute atomic E-state index is 0.122. The highest BCUT2D eigenvalue weighted by Crippen LogP contribution is 2.39. The number of fused-ring (bicyclic) bond motifs is 1. The molecule has 1 unspecified atom stereocenters. The SMILES string of the molecule is COc1ccc(OC)c(C2CCCN2C(=O)Cn2cnc3scc(-c4ccc(F)cc4)c3c2=O)c1. The maximum absolute atomic E-state index is 13.4. The topological polar surface area (TPSA) is 73.7 Å². The standard InChI is InChI=1S/C26H24FN3O4S/c1-33-18-9-10-22(34-2)19(12-18)21-4-3-11-30(21)23(31)13-29-15-28-25-24(26(29)32)20(14-35-25)16-5-7-17(27)8-6-16/h5-10,12,14-15,21H,3-4,11,13H2,1-2H3. The first kappa shape index (κ1) is 23.0. The molecule has 1 aliphatic rings. The van der Waals surface area contributed by atoms with Crippen molar-refractivity contribution in [1.82, 2.24) is 14.5 Å². The van der Waals surface area contributed by atoms with Crippen LogP contribution >= 0.6 is 11.3 Å². The van der Waals surface area contributed by atoms with Gasteiger partial charge in [0.2, 0.25) is 5.91 Å². The van der Waals surface area contributed by atoms with Crippen LogP contribution in [0.25, 0.3) is 21.3 Å². The normalized spacial score (nSPS) is 15.5. The van der Waals surface area contributed by atoms with Crippen molar-refractivity contribution < 1.29 is 18.7 Å². The monoisotopic (exact) mass is 493 g/mol. The number of hydrogen-bond donors (Lipinski definition) is 0. The Bertz CT molecular complexity index is 1450. The molecule has 1 atom stereocenters. The van der Waals surface area contributed by atoms with Crippen LogP contribution in [-0.4, -0.2) is 41.1 Å². The largest absolute Gasteiger partial charge is 0.497 e. The average molecular weight is 494 g/mol. The Balaban J connectivity index is 1.46. The molecule has 1 amide bonds. The molecule has 1 fully saturated rings. The Kier molecular flexibility index (Phi) is 6.25. The zero-order valence-corrected chi connectivity index (χ0v) is 20.2. The Hall–Kier alpha value is -3.72. The lowest BCUT2D eigenvalue weighted by atomic mass is 10.0. The Morgan fingerprint density at radius 2 is 1.97 bits per heavy atom. The van der Waals surface area contributed by atoms with Crippen molar-refractivity contribution in [3.05, 3.63) is 75.9 Å². The van der Waals surface area contributed by atoms with Gasteiger partial charge in [-0.25, -0.2) is 9.37 Å². The van der Waals surface area contributed by atoms with Gasteiger partial charge in [-0.3, -0.25) is 14.2 Å². The highest BCUT2D eigenvalue weighted by atomic mass is 32.1. The second-order valence-corrected chi connectivity index (χ2v) is 9.23. The van der Waals surface area contributed by atoms with Gasteiger partial charge >= 0.3 is 0 Å². The zero-order chi connectivity index (χ0) is 24.5. The van der Waals surface area contributed by atoms with E-state index in [1.807, 2.05) is 23.6 Å². The number of hydrogen-bond acceptors (Lipinski definition) is 6. The molecule has 7 nitrogen and oxygen atoms in total. The molecule has 5 rings (SSSR count). The van der Waals surface area contributed by atoms with E-state index in [1.54, 1.807) is 31.3 Å². The minimum atomic E-state index is -0.345. The number of ether oxygens (including phenoxy) is 2. The second kappa shape index (κ2) is 9.50. The van der Waals surface area contributed by atoms with E-state index in [9.17, 15) is 14.0 Å². The summed E-state index contributed by atoms with van der Waals surface area (Å²) in [6, 6.07) is 11.4. The van der Waals surface area contributed by atoms with Gasteiger partial charge in [-0.2, -0.15) is 0 Å². The van der Waals surface area contributed by atoms with E-state index in [4.69, 9.17) is 9.47 Å². The molecule has 2 aromatic heterocycles. The maximum Gasteiger partial charge on any atom is 0.263 e. The number of benzene rings is 2. The zero-order valence-electron chi connectivity index (χ0n) is 19.4. The predicted octanol–water partition coefficient (Wildman–Crippen LogP) is 4.65. The van der Waals surface area contributed by atoms with Crippen LogP contribution in [0.15, 0.2) is 59.0 Å². The van der Waals surface area contributed by atoms with Crippen LogP contribution in [0, 0.1) is 5.82 Å². The molecule has 0 saturated carbocycles. The number of aromatic nitrogens is 2. The molecule has 9 heteroatoms. The molecule has 0 aliphatic carbocycles. The first-order chi connectivity index (χ1) is 17.0. The number of amides is 1. The van der Waals surface area contributed by atoms with Crippen LogP contribution in [0.3, 0.4) is 0 Å². The number of likely N-dealkylation sites (tertiary alicyclic amines) is 1. The van der Waals surface area contributed by atoms with Crippen molar-refractivity contribution in [2.45, 2.75) is 25.4 Å². The van der Waals surface area contributed by atoms with E-state index >= 15 is 0 Å². The van der Waals surface area contributed by atoms with Gasteiger partial charge in [-0.1, -0.05) is 12.1 Å². The van der Waals surface area contributed by atoms with Crippen molar-refractivity contribution in [3.8, 4) is 22.6 Å². The number of thiophene rings is 1. The fourth-order valence-corrected chi connectivity index (χ4v) is 5.55. The summed E-state index contributed by atoms with van der Waals surface area (Å²) in [5.41, 5.74) is 2.00. The van der Waals surface area contributed by atoms with E-state index in [1.165, 1.54) is 34.4 Å². The minimum Gasteiger partial charge on any atom is -0.497 e. The average Bonchev–Trinajstić information content (AvgIpc) is 3.54. The van der Waals surface area contributed by atoms with Gasteiger partial charge in [0.25, 0.3) is 5.56 Å². The molecule has 35 heavy (non-hydrogen) atoms. The van der Waals surface area contributed by atoms with Gasteiger partial charge in [0, 0.05) is 23.1 Å². The van der Waals surface area contributed by atoms with E-state index in [-0.39, 0.29) is 29.9 Å². The molecule has 1 aliphatic heterocycles. The van der Waals surface area contributed by atoms with Crippen LogP contribution in [0.4, 0.5) is 4.39 Å². The van der Waals surface area contributed by atoms with Crippen LogP contribution in [0.1, 0.15) is 24.4 Å². The molecule has 0 bridgehead atoms. The van der Waals surface area contributed by atoms with Crippen molar-refractivity contribution in [2.24, 2.45) is 0 Å². The van der Waals surface area contributed by atoms with Gasteiger partial charge in [-0.05, 0) is 48.7 Å². The van der Waals surface area contributed by atoms with Gasteiger partial charge in [0.05, 0.1) is 32.0 Å². The highest BCUT2D eigenvalue weighted by Gasteiger charge is 2.32. The van der Waals surface area contributed by atoms with Gasteiger partial charge < -0.3 is 14.4 Å². The Labute approximate surface area is 205 Å². The first-order valence-electron chi connectivity index (χ1n) is 11.2. The summed E-state index contributed by atoms with van der Waals surface area (Å²) >= 11 is 1.35. The molecule has 0 N–H and O–H groups in total. The molecule has 180 valence electrons. The maximum atomic E-state index is 13.4. The van der Waals surface area contributed by atoms with Crippen LogP contribution < -0.4 is 15.0 Å². The molecular weight excluding hydrogens is 469 g/mol. The van der Waals surface area contributed by atoms with Crippen LogP contribution in [-0.2, 0) is 11.3 Å². The van der Waals surface area contributed by atoms with Crippen molar-refractivity contribution >= 4 is 27.5 Å². The third-order valence-corrected chi connectivity index (χ3v) is 7.28. The molecule has 0 spiro atoms. The molecule has 0 radical (unpaired) electrons. The first-order valence-corrected chi connectivity index (χ1v) is 12.1. The summed E-state index contributed by atoms with van der Waals surface area (Å²) in [6.45, 7) is 0.469. The summed E-state index contributed by atoms with van der Waals surface area (Å²) in [7, 11) is 3.20. The van der Waals surface area contributed by atoms with Gasteiger partial charge in [0.15, 0.2) is 0 Å². The summed E-state index contributed by atoms with van der Waals surface area (Å²) in [6.07, 6.45) is 3.06. The summed E-state index contributed by atoms with van der Waals surface area (Å²) in [5.74, 6) is 0.871. The Morgan fingerprint density at radius 3 is 2.71 bits per heavy atom. The fraction of sp³-hybridized carbons (Fsp3) is 0.269. The van der Waals surface area contributed by atoms with Gasteiger partial charge in [0.1, 0.15) is 28.7 Å². The lowest BCUT2D eigenvalue weighted by Crippen LogP contribution is -2.36. The third kappa shape index (κ3) is 4.27. The molecule has 3 heterocycles. The van der Waals surface area contributed by atoms with E-state index in [0.29, 0.717) is 33.8 Å². The second-order valence-electron chi connectivity index (χ2n) is 8.37. The Morgan fingerprint density at radius 1 is 1.17 bits per heavy atom. The number of carbonyl (C=O) groups is 1. The summed E-state index contributed by atoms with van der Waals surface area (Å²) in [4.78, 5) is 33.6. The quantitative estimate of drug-likeness (QED) is 0.391. The van der Waals surface area contributed by atoms with E-state index in [2.05, 4.69) is 4.98 Å². The molecular formula is C26H24FN3O4S. The summed E-state index contributed by atoms with van der Waals surface area (Å²) in [5, 5.41) is 2.27. The highest BCUT2D eigenvalue weighted by molar-refractivity contribution is 7.17. The number of nitrogens with zero attached hydrogens (tertiary/aromatic N) is 3. The number of carbonyl (C=O) groups excluding carboxylic acids is 1. The van der Waals surface area contributed by atoms with E-state index < -0.39 is 0 Å². The van der Waals surface area contributed by atoms with Crippen LogP contribution in [0.5, 0.6) is 11.5 Å².